The SMILES string of the molecule is C=CC(=C)c1ccc(SCC2CC2)cc1. The van der Waals surface area contributed by atoms with Crippen LogP contribution in [-0.2, 0) is 0 Å². The van der Waals surface area contributed by atoms with E-state index in [1.165, 1.54) is 29.1 Å². The molecule has 2 rings (SSSR count). The Morgan fingerprint density at radius 2 is 2.00 bits per heavy atom. The summed E-state index contributed by atoms with van der Waals surface area (Å²) in [6.45, 7) is 7.65. The second-order valence-electron chi connectivity index (χ2n) is 4.01. The first-order valence-electron chi connectivity index (χ1n) is 5.34. The lowest BCUT2D eigenvalue weighted by molar-refractivity contribution is 1.000. The van der Waals surface area contributed by atoms with Crippen molar-refractivity contribution in [2.45, 2.75) is 17.7 Å². The van der Waals surface area contributed by atoms with Gasteiger partial charge in [-0.15, -0.1) is 11.8 Å². The van der Waals surface area contributed by atoms with Crippen LogP contribution in [0.4, 0.5) is 0 Å². The maximum Gasteiger partial charge on any atom is 0.00724 e. The van der Waals surface area contributed by atoms with Gasteiger partial charge in [-0.05, 0) is 42.0 Å². The van der Waals surface area contributed by atoms with Crippen molar-refractivity contribution in [3.63, 3.8) is 0 Å². The van der Waals surface area contributed by atoms with Crippen LogP contribution in [0.3, 0.4) is 0 Å². The molecule has 0 radical (unpaired) electrons. The third-order valence-electron chi connectivity index (χ3n) is 2.65. The van der Waals surface area contributed by atoms with Gasteiger partial charge in [-0.3, -0.25) is 0 Å². The van der Waals surface area contributed by atoms with Crippen LogP contribution >= 0.6 is 11.8 Å². The number of hydrogen-bond acceptors (Lipinski definition) is 1. The first kappa shape index (κ1) is 10.6. The zero-order valence-electron chi connectivity index (χ0n) is 8.91. The van der Waals surface area contributed by atoms with Gasteiger partial charge >= 0.3 is 0 Å². The molecule has 0 heterocycles. The summed E-state index contributed by atoms with van der Waals surface area (Å²) in [6.07, 6.45) is 4.66. The second kappa shape index (κ2) is 4.71. The van der Waals surface area contributed by atoms with Crippen LogP contribution in [0.15, 0.2) is 48.4 Å². The number of allylic oxidation sites excluding steroid dienone is 2. The van der Waals surface area contributed by atoms with Crippen LogP contribution < -0.4 is 0 Å². The van der Waals surface area contributed by atoms with E-state index in [-0.39, 0.29) is 0 Å². The number of rotatable bonds is 5. The van der Waals surface area contributed by atoms with E-state index >= 15 is 0 Å². The zero-order chi connectivity index (χ0) is 10.7. The highest BCUT2D eigenvalue weighted by Gasteiger charge is 2.20. The standard InChI is InChI=1S/C14H16S/c1-3-11(2)13-6-8-14(9-7-13)15-10-12-4-5-12/h3,6-9,12H,1-2,4-5,10H2. The second-order valence-corrected chi connectivity index (χ2v) is 5.10. The Bertz CT molecular complexity index is 357. The first-order chi connectivity index (χ1) is 7.29. The smallest absolute Gasteiger partial charge is 0.00724 e. The minimum absolute atomic E-state index is 0.984. The topological polar surface area (TPSA) is 0 Å². The summed E-state index contributed by atoms with van der Waals surface area (Å²) < 4.78 is 0. The summed E-state index contributed by atoms with van der Waals surface area (Å²) >= 11 is 1.96. The van der Waals surface area contributed by atoms with Crippen molar-refractivity contribution in [3.8, 4) is 0 Å². The summed E-state index contributed by atoms with van der Waals surface area (Å²) in [5.41, 5.74) is 2.16. The quantitative estimate of drug-likeness (QED) is 0.519. The molecule has 1 aliphatic rings. The maximum absolute atomic E-state index is 3.93. The molecular weight excluding hydrogens is 200 g/mol. The third kappa shape index (κ3) is 3.00. The summed E-state index contributed by atoms with van der Waals surface area (Å²) in [6, 6.07) is 8.60. The molecular formula is C14H16S. The molecule has 0 spiro atoms. The van der Waals surface area contributed by atoms with Crippen LogP contribution in [0.2, 0.25) is 0 Å². The molecule has 0 unspecified atom stereocenters. The van der Waals surface area contributed by atoms with Gasteiger partial charge in [-0.2, -0.15) is 0 Å². The highest BCUT2D eigenvalue weighted by Crippen LogP contribution is 2.35. The third-order valence-corrected chi connectivity index (χ3v) is 3.90. The summed E-state index contributed by atoms with van der Waals surface area (Å²) in [5, 5.41) is 0. The fourth-order valence-electron chi connectivity index (χ4n) is 1.38. The van der Waals surface area contributed by atoms with Crippen molar-refractivity contribution < 1.29 is 0 Å². The Balaban J connectivity index is 1.96. The van der Waals surface area contributed by atoms with Gasteiger partial charge < -0.3 is 0 Å². The van der Waals surface area contributed by atoms with Crippen molar-refractivity contribution in [2.24, 2.45) is 5.92 Å². The van der Waals surface area contributed by atoms with Crippen LogP contribution in [0.5, 0.6) is 0 Å². The number of thioether (sulfide) groups is 1. The van der Waals surface area contributed by atoms with E-state index < -0.39 is 0 Å². The van der Waals surface area contributed by atoms with Crippen LogP contribution in [0, 0.1) is 5.92 Å². The summed E-state index contributed by atoms with van der Waals surface area (Å²) in [7, 11) is 0. The molecule has 0 N–H and O–H groups in total. The zero-order valence-corrected chi connectivity index (χ0v) is 9.72. The molecule has 0 amide bonds. The fourth-order valence-corrected chi connectivity index (χ4v) is 2.47. The van der Waals surface area contributed by atoms with Gasteiger partial charge in [0.25, 0.3) is 0 Å². The van der Waals surface area contributed by atoms with E-state index in [9.17, 15) is 0 Å². The maximum atomic E-state index is 3.93. The normalized spacial score (nSPS) is 14.9. The van der Waals surface area contributed by atoms with E-state index in [0.717, 1.165) is 11.5 Å². The monoisotopic (exact) mass is 216 g/mol. The van der Waals surface area contributed by atoms with Gasteiger partial charge in [0.15, 0.2) is 0 Å². The molecule has 1 aromatic carbocycles. The van der Waals surface area contributed by atoms with E-state index in [1.807, 2.05) is 11.8 Å². The Labute approximate surface area is 96.1 Å². The average molecular weight is 216 g/mol. The van der Waals surface area contributed by atoms with E-state index in [2.05, 4.69) is 37.4 Å². The van der Waals surface area contributed by atoms with Crippen LogP contribution in [-0.4, -0.2) is 5.75 Å². The molecule has 0 saturated heterocycles. The molecule has 0 aromatic heterocycles. The molecule has 0 nitrogen and oxygen atoms in total. The highest BCUT2D eigenvalue weighted by molar-refractivity contribution is 7.99. The molecule has 1 aromatic rings. The van der Waals surface area contributed by atoms with E-state index in [4.69, 9.17) is 0 Å². The molecule has 0 bridgehead atoms. The van der Waals surface area contributed by atoms with Crippen molar-refractivity contribution in [1.82, 2.24) is 0 Å². The van der Waals surface area contributed by atoms with Gasteiger partial charge in [-0.25, -0.2) is 0 Å². The van der Waals surface area contributed by atoms with E-state index in [0.29, 0.717) is 0 Å². The summed E-state index contributed by atoms with van der Waals surface area (Å²) in [4.78, 5) is 1.36. The van der Waals surface area contributed by atoms with Gasteiger partial charge in [0.1, 0.15) is 0 Å². The first-order valence-corrected chi connectivity index (χ1v) is 6.32. The Kier molecular flexibility index (Phi) is 3.32. The Hall–Kier alpha value is -0.950. The number of hydrogen-bond donors (Lipinski definition) is 0. The Morgan fingerprint density at radius 1 is 1.33 bits per heavy atom. The fraction of sp³-hybridized carbons (Fsp3) is 0.286. The lowest BCUT2D eigenvalue weighted by atomic mass is 10.1. The molecule has 0 aliphatic heterocycles. The van der Waals surface area contributed by atoms with Crippen molar-refractivity contribution in [1.29, 1.82) is 0 Å². The predicted octanol–water partition coefficient (Wildman–Crippen LogP) is 4.39. The average Bonchev–Trinajstić information content (AvgIpc) is 3.10. The van der Waals surface area contributed by atoms with Gasteiger partial charge in [0.2, 0.25) is 0 Å². The number of benzene rings is 1. The molecule has 1 saturated carbocycles. The predicted molar refractivity (Wildman–Crippen MR) is 69.1 cm³/mol. The summed E-state index contributed by atoms with van der Waals surface area (Å²) in [5.74, 6) is 2.26. The minimum atomic E-state index is 0.984. The molecule has 0 atom stereocenters. The van der Waals surface area contributed by atoms with Crippen molar-refractivity contribution in [3.05, 3.63) is 49.1 Å². The largest absolute Gasteiger partial charge is 0.126 e. The lowest BCUT2D eigenvalue weighted by Crippen LogP contribution is -1.82. The van der Waals surface area contributed by atoms with Gasteiger partial charge in [0, 0.05) is 10.6 Å². The van der Waals surface area contributed by atoms with Crippen molar-refractivity contribution in [2.75, 3.05) is 5.75 Å². The van der Waals surface area contributed by atoms with Crippen molar-refractivity contribution >= 4 is 17.3 Å². The Morgan fingerprint density at radius 3 is 2.53 bits per heavy atom. The molecule has 1 aliphatic carbocycles. The lowest BCUT2D eigenvalue weighted by Gasteiger charge is -2.03. The minimum Gasteiger partial charge on any atom is -0.126 e. The van der Waals surface area contributed by atoms with E-state index in [1.54, 1.807) is 6.08 Å². The molecule has 78 valence electrons. The molecule has 1 heteroatoms. The van der Waals surface area contributed by atoms with Gasteiger partial charge in [-0.1, -0.05) is 31.4 Å². The van der Waals surface area contributed by atoms with Crippen LogP contribution in [0.25, 0.3) is 5.57 Å². The van der Waals surface area contributed by atoms with Gasteiger partial charge in [0.05, 0.1) is 0 Å². The highest BCUT2D eigenvalue weighted by atomic mass is 32.2. The molecule has 1 fully saturated rings. The molecule has 15 heavy (non-hydrogen) atoms. The van der Waals surface area contributed by atoms with Crippen LogP contribution in [0.1, 0.15) is 18.4 Å².